The van der Waals surface area contributed by atoms with Gasteiger partial charge in [-0.2, -0.15) is 18.2 Å². The van der Waals surface area contributed by atoms with E-state index in [1.165, 1.54) is 4.90 Å². The first kappa shape index (κ1) is 21.0. The SMILES string of the molecule is CCCCc1cccc(N(C)c2nc(OC(C)(C)C)ncc2C(F)(F)F)c1. The minimum absolute atomic E-state index is 0.0838. The average Bonchev–Trinajstić information content (AvgIpc) is 2.57. The highest BCUT2D eigenvalue weighted by Crippen LogP contribution is 2.38. The van der Waals surface area contributed by atoms with Gasteiger partial charge < -0.3 is 9.64 Å². The normalized spacial score (nSPS) is 12.1. The van der Waals surface area contributed by atoms with Crippen LogP contribution < -0.4 is 9.64 Å². The van der Waals surface area contributed by atoms with Gasteiger partial charge in [0.25, 0.3) is 0 Å². The molecule has 0 bridgehead atoms. The molecule has 0 N–H and O–H groups in total. The van der Waals surface area contributed by atoms with Gasteiger partial charge in [0.05, 0.1) is 0 Å². The van der Waals surface area contributed by atoms with E-state index < -0.39 is 17.3 Å². The molecule has 0 aliphatic carbocycles. The Hall–Kier alpha value is -2.31. The molecule has 2 rings (SSSR count). The number of anilines is 2. The molecule has 0 saturated carbocycles. The van der Waals surface area contributed by atoms with Crippen LogP contribution in [0.3, 0.4) is 0 Å². The lowest BCUT2D eigenvalue weighted by Gasteiger charge is -2.25. The van der Waals surface area contributed by atoms with Crippen molar-refractivity contribution in [3.05, 3.63) is 41.6 Å². The maximum absolute atomic E-state index is 13.5. The molecule has 0 spiro atoms. The van der Waals surface area contributed by atoms with Crippen LogP contribution in [0, 0.1) is 0 Å². The summed E-state index contributed by atoms with van der Waals surface area (Å²) in [7, 11) is 1.57. The first-order valence-corrected chi connectivity index (χ1v) is 8.97. The monoisotopic (exact) mass is 381 g/mol. The Morgan fingerprint density at radius 2 is 1.85 bits per heavy atom. The van der Waals surface area contributed by atoms with Crippen molar-refractivity contribution in [3.8, 4) is 6.01 Å². The quantitative estimate of drug-likeness (QED) is 0.635. The second kappa shape index (κ2) is 8.15. The number of halogens is 3. The molecule has 148 valence electrons. The van der Waals surface area contributed by atoms with Gasteiger partial charge in [0.1, 0.15) is 11.2 Å². The first-order valence-electron chi connectivity index (χ1n) is 8.97. The second-order valence-corrected chi connectivity index (χ2v) is 7.43. The van der Waals surface area contributed by atoms with E-state index in [1.54, 1.807) is 33.9 Å². The molecule has 4 nitrogen and oxygen atoms in total. The fourth-order valence-corrected chi connectivity index (χ4v) is 2.56. The van der Waals surface area contributed by atoms with Crippen LogP contribution in [0.2, 0.25) is 0 Å². The summed E-state index contributed by atoms with van der Waals surface area (Å²) in [6.45, 7) is 7.46. The fraction of sp³-hybridized carbons (Fsp3) is 0.500. The molecule has 1 aromatic carbocycles. The van der Waals surface area contributed by atoms with Gasteiger partial charge in [0, 0.05) is 18.9 Å². The summed E-state index contributed by atoms with van der Waals surface area (Å²) in [4.78, 5) is 9.24. The number of unbranched alkanes of at least 4 members (excludes halogenated alkanes) is 1. The van der Waals surface area contributed by atoms with E-state index in [0.29, 0.717) is 5.69 Å². The van der Waals surface area contributed by atoms with Crippen molar-refractivity contribution in [2.45, 2.75) is 58.7 Å². The summed E-state index contributed by atoms with van der Waals surface area (Å²) in [5.74, 6) is -0.232. The van der Waals surface area contributed by atoms with Crippen molar-refractivity contribution in [3.63, 3.8) is 0 Å². The number of benzene rings is 1. The van der Waals surface area contributed by atoms with Crippen molar-refractivity contribution in [2.75, 3.05) is 11.9 Å². The summed E-state index contributed by atoms with van der Waals surface area (Å²) in [6.07, 6.45) is -0.827. The summed E-state index contributed by atoms with van der Waals surface area (Å²) in [6, 6.07) is 7.40. The molecule has 0 radical (unpaired) electrons. The van der Waals surface area contributed by atoms with Gasteiger partial charge in [0.2, 0.25) is 0 Å². The van der Waals surface area contributed by atoms with Crippen molar-refractivity contribution in [1.82, 2.24) is 9.97 Å². The van der Waals surface area contributed by atoms with Crippen LogP contribution in [0.4, 0.5) is 24.7 Å². The van der Waals surface area contributed by atoms with Gasteiger partial charge >= 0.3 is 12.2 Å². The van der Waals surface area contributed by atoms with Gasteiger partial charge in [-0.1, -0.05) is 25.5 Å². The molecule has 0 aliphatic heterocycles. The molecule has 0 atom stereocenters. The zero-order valence-electron chi connectivity index (χ0n) is 16.4. The van der Waals surface area contributed by atoms with Crippen LogP contribution in [0.1, 0.15) is 51.7 Å². The lowest BCUT2D eigenvalue weighted by Crippen LogP contribution is -2.26. The number of aryl methyl sites for hydroxylation is 1. The fourth-order valence-electron chi connectivity index (χ4n) is 2.56. The van der Waals surface area contributed by atoms with E-state index in [4.69, 9.17) is 4.74 Å². The van der Waals surface area contributed by atoms with Gasteiger partial charge in [-0.15, -0.1) is 0 Å². The Morgan fingerprint density at radius 3 is 2.44 bits per heavy atom. The minimum Gasteiger partial charge on any atom is -0.458 e. The Balaban J connectivity index is 2.45. The minimum atomic E-state index is -4.57. The van der Waals surface area contributed by atoms with Crippen molar-refractivity contribution < 1.29 is 17.9 Å². The standard InChI is InChI=1S/C20H26F3N3O/c1-6-7-9-14-10-8-11-15(12-14)26(5)17-16(20(21,22)23)13-24-18(25-17)27-19(2,3)4/h8,10-13H,6-7,9H2,1-5H3. The molecular formula is C20H26F3N3O. The van der Waals surface area contributed by atoms with E-state index in [2.05, 4.69) is 16.9 Å². The Morgan fingerprint density at radius 1 is 1.15 bits per heavy atom. The molecule has 27 heavy (non-hydrogen) atoms. The van der Waals surface area contributed by atoms with Crippen molar-refractivity contribution in [1.29, 1.82) is 0 Å². The van der Waals surface area contributed by atoms with Crippen LogP contribution in [-0.4, -0.2) is 22.6 Å². The molecule has 0 saturated heterocycles. The predicted octanol–water partition coefficient (Wildman–Crippen LogP) is 5.78. The zero-order chi connectivity index (χ0) is 20.2. The maximum atomic E-state index is 13.5. The van der Waals surface area contributed by atoms with E-state index in [9.17, 15) is 13.2 Å². The third-order valence-corrected chi connectivity index (χ3v) is 3.88. The van der Waals surface area contributed by atoms with E-state index in [1.807, 2.05) is 18.2 Å². The zero-order valence-corrected chi connectivity index (χ0v) is 16.4. The van der Waals surface area contributed by atoms with Crippen LogP contribution in [0.25, 0.3) is 0 Å². The van der Waals surface area contributed by atoms with Crippen LogP contribution in [0.5, 0.6) is 6.01 Å². The van der Waals surface area contributed by atoms with Crippen LogP contribution >= 0.6 is 0 Å². The number of nitrogens with zero attached hydrogens (tertiary/aromatic N) is 3. The number of rotatable bonds is 6. The molecular weight excluding hydrogens is 355 g/mol. The average molecular weight is 381 g/mol. The first-order chi connectivity index (χ1) is 12.5. The number of aromatic nitrogens is 2. The summed E-state index contributed by atoms with van der Waals surface area (Å²) in [5.41, 5.74) is 0.199. The highest BCUT2D eigenvalue weighted by atomic mass is 19.4. The van der Waals surface area contributed by atoms with Crippen molar-refractivity contribution >= 4 is 11.5 Å². The molecule has 0 amide bonds. The largest absolute Gasteiger partial charge is 0.458 e. The molecule has 7 heteroatoms. The maximum Gasteiger partial charge on any atom is 0.421 e. The lowest BCUT2D eigenvalue weighted by atomic mass is 10.1. The van der Waals surface area contributed by atoms with Gasteiger partial charge in [-0.25, -0.2) is 4.98 Å². The molecule has 1 heterocycles. The number of alkyl halides is 3. The van der Waals surface area contributed by atoms with Crippen LogP contribution in [-0.2, 0) is 12.6 Å². The summed E-state index contributed by atoms with van der Waals surface area (Å²) < 4.78 is 46.0. The summed E-state index contributed by atoms with van der Waals surface area (Å²) >= 11 is 0. The molecule has 2 aromatic rings. The highest BCUT2D eigenvalue weighted by Gasteiger charge is 2.37. The van der Waals surface area contributed by atoms with E-state index in [-0.39, 0.29) is 11.8 Å². The lowest BCUT2D eigenvalue weighted by molar-refractivity contribution is -0.137. The van der Waals surface area contributed by atoms with Gasteiger partial charge in [-0.3, -0.25) is 0 Å². The molecule has 0 aliphatic rings. The number of hydrogen-bond donors (Lipinski definition) is 0. The van der Waals surface area contributed by atoms with Crippen molar-refractivity contribution in [2.24, 2.45) is 0 Å². The smallest absolute Gasteiger partial charge is 0.421 e. The van der Waals surface area contributed by atoms with Gasteiger partial charge in [0.15, 0.2) is 5.82 Å². The number of ether oxygens (including phenoxy) is 1. The second-order valence-electron chi connectivity index (χ2n) is 7.43. The topological polar surface area (TPSA) is 38.2 Å². The molecule has 0 unspecified atom stereocenters. The van der Waals surface area contributed by atoms with Crippen LogP contribution in [0.15, 0.2) is 30.5 Å². The van der Waals surface area contributed by atoms with E-state index >= 15 is 0 Å². The Kier molecular flexibility index (Phi) is 6.34. The summed E-state index contributed by atoms with van der Waals surface area (Å²) in [5, 5.41) is 0. The Bertz CT molecular complexity index is 770. The predicted molar refractivity (Wildman–Crippen MR) is 101 cm³/mol. The highest BCUT2D eigenvalue weighted by molar-refractivity contribution is 5.63. The Labute approximate surface area is 158 Å². The third kappa shape index (κ3) is 5.84. The molecule has 0 fully saturated rings. The van der Waals surface area contributed by atoms with E-state index in [0.717, 1.165) is 31.0 Å². The third-order valence-electron chi connectivity index (χ3n) is 3.88. The molecule has 1 aromatic heterocycles. The number of hydrogen-bond acceptors (Lipinski definition) is 4. The van der Waals surface area contributed by atoms with Gasteiger partial charge in [-0.05, 0) is 51.3 Å².